The molecular formula is C6H10ClNO. The summed E-state index contributed by atoms with van der Waals surface area (Å²) < 4.78 is 0. The highest BCUT2D eigenvalue weighted by Crippen LogP contribution is 2.19. The predicted octanol–water partition coefficient (Wildman–Crippen LogP) is 2.00. The number of halogens is 1. The first-order valence-electron chi connectivity index (χ1n) is 3.19. The molecule has 0 bridgehead atoms. The molecule has 1 saturated carbocycles. The third kappa shape index (κ3) is 1.58. The Balaban J connectivity index is 2.49. The van der Waals surface area contributed by atoms with E-state index in [4.69, 9.17) is 16.8 Å². The average Bonchev–Trinajstić information content (AvgIpc) is 1.89. The lowest BCUT2D eigenvalue weighted by molar-refractivity contribution is 0.314. The molecule has 1 fully saturated rings. The van der Waals surface area contributed by atoms with Crippen LogP contribution in [0.4, 0.5) is 0 Å². The van der Waals surface area contributed by atoms with Crippen molar-refractivity contribution >= 4 is 17.3 Å². The van der Waals surface area contributed by atoms with E-state index in [0.29, 0.717) is 0 Å². The number of oxime groups is 1. The second-order valence-corrected chi connectivity index (χ2v) is 2.83. The molecular weight excluding hydrogens is 138 g/mol. The first-order chi connectivity index (χ1) is 4.34. The predicted molar refractivity (Wildman–Crippen MR) is 37.3 cm³/mol. The summed E-state index contributed by atoms with van der Waals surface area (Å²) in [6.45, 7) is 0. The van der Waals surface area contributed by atoms with Crippen LogP contribution in [0.3, 0.4) is 0 Å². The maximum Gasteiger partial charge on any atom is 0.0751 e. The smallest absolute Gasteiger partial charge is 0.0751 e. The van der Waals surface area contributed by atoms with E-state index in [1.165, 1.54) is 0 Å². The maximum atomic E-state index is 8.36. The minimum atomic E-state index is -0.0104. The Hall–Kier alpha value is -0.240. The lowest BCUT2D eigenvalue weighted by atomic mass is 9.98. The molecule has 0 radical (unpaired) electrons. The van der Waals surface area contributed by atoms with Crippen LogP contribution in [0, 0.1) is 0 Å². The van der Waals surface area contributed by atoms with Gasteiger partial charge in [0, 0.05) is 0 Å². The molecule has 0 heterocycles. The van der Waals surface area contributed by atoms with Gasteiger partial charge in [0.2, 0.25) is 0 Å². The van der Waals surface area contributed by atoms with Crippen molar-refractivity contribution in [3.8, 4) is 0 Å². The standard InChI is InChI=1S/C6H10ClNO/c7-5-3-1-2-4-6(5)8-9/h5,9H,1-4H2/b8-6-. The van der Waals surface area contributed by atoms with Crippen LogP contribution in [-0.4, -0.2) is 16.3 Å². The molecule has 3 heteroatoms. The second kappa shape index (κ2) is 3.06. The van der Waals surface area contributed by atoms with E-state index < -0.39 is 0 Å². The normalized spacial score (nSPS) is 33.0. The zero-order chi connectivity index (χ0) is 6.69. The Morgan fingerprint density at radius 2 is 2.33 bits per heavy atom. The molecule has 1 aliphatic rings. The molecule has 1 unspecified atom stereocenters. The summed E-state index contributed by atoms with van der Waals surface area (Å²) in [6, 6.07) is 0. The molecule has 0 aromatic heterocycles. The number of alkyl halides is 1. The fourth-order valence-electron chi connectivity index (χ4n) is 1.07. The lowest BCUT2D eigenvalue weighted by Gasteiger charge is -2.15. The molecule has 1 rings (SSSR count). The van der Waals surface area contributed by atoms with Gasteiger partial charge in [-0.25, -0.2) is 0 Å². The second-order valence-electron chi connectivity index (χ2n) is 2.30. The van der Waals surface area contributed by atoms with E-state index in [1.54, 1.807) is 0 Å². The van der Waals surface area contributed by atoms with Crippen molar-refractivity contribution in [3.63, 3.8) is 0 Å². The highest BCUT2D eigenvalue weighted by molar-refractivity contribution is 6.32. The highest BCUT2D eigenvalue weighted by atomic mass is 35.5. The first-order valence-corrected chi connectivity index (χ1v) is 3.63. The van der Waals surface area contributed by atoms with Crippen LogP contribution in [0.5, 0.6) is 0 Å². The van der Waals surface area contributed by atoms with E-state index in [1.807, 2.05) is 0 Å². The van der Waals surface area contributed by atoms with E-state index in [-0.39, 0.29) is 5.38 Å². The summed E-state index contributed by atoms with van der Waals surface area (Å²) >= 11 is 5.79. The van der Waals surface area contributed by atoms with Crippen LogP contribution in [0.2, 0.25) is 0 Å². The van der Waals surface area contributed by atoms with Gasteiger partial charge in [0.15, 0.2) is 0 Å². The fraction of sp³-hybridized carbons (Fsp3) is 0.833. The van der Waals surface area contributed by atoms with Gasteiger partial charge in [-0.1, -0.05) is 11.6 Å². The topological polar surface area (TPSA) is 32.6 Å². The lowest BCUT2D eigenvalue weighted by Crippen LogP contribution is -2.18. The zero-order valence-corrected chi connectivity index (χ0v) is 5.93. The van der Waals surface area contributed by atoms with Gasteiger partial charge in [-0.15, -0.1) is 11.6 Å². The van der Waals surface area contributed by atoms with Crippen molar-refractivity contribution in [3.05, 3.63) is 0 Å². The highest BCUT2D eigenvalue weighted by Gasteiger charge is 2.17. The Morgan fingerprint density at radius 3 is 2.78 bits per heavy atom. The van der Waals surface area contributed by atoms with Gasteiger partial charge >= 0.3 is 0 Å². The Kier molecular flexibility index (Phi) is 2.34. The van der Waals surface area contributed by atoms with Crippen molar-refractivity contribution in [2.45, 2.75) is 31.1 Å². The Morgan fingerprint density at radius 1 is 1.56 bits per heavy atom. The van der Waals surface area contributed by atoms with Gasteiger partial charge in [-0.3, -0.25) is 0 Å². The van der Waals surface area contributed by atoms with Gasteiger partial charge in [-0.05, 0) is 19.3 Å². The SMILES string of the molecule is O/N=C1/CCCCC1Cl. The number of rotatable bonds is 0. The quantitative estimate of drug-likeness (QED) is 0.317. The van der Waals surface area contributed by atoms with Gasteiger partial charge in [0.05, 0.1) is 11.1 Å². The molecule has 2 nitrogen and oxygen atoms in total. The zero-order valence-electron chi connectivity index (χ0n) is 5.18. The van der Waals surface area contributed by atoms with Crippen LogP contribution in [0.1, 0.15) is 25.7 Å². The van der Waals surface area contributed by atoms with Crippen LogP contribution in [0.15, 0.2) is 5.16 Å². The molecule has 0 saturated heterocycles. The minimum absolute atomic E-state index is 0.0104. The van der Waals surface area contributed by atoms with Crippen LogP contribution < -0.4 is 0 Å². The molecule has 0 aromatic carbocycles. The summed E-state index contributed by atoms with van der Waals surface area (Å²) in [7, 11) is 0. The van der Waals surface area contributed by atoms with E-state index in [0.717, 1.165) is 31.4 Å². The maximum absolute atomic E-state index is 8.36. The average molecular weight is 148 g/mol. The molecule has 9 heavy (non-hydrogen) atoms. The van der Waals surface area contributed by atoms with Crippen LogP contribution in [0.25, 0.3) is 0 Å². The summed E-state index contributed by atoms with van der Waals surface area (Å²) in [5, 5.41) is 11.5. The molecule has 1 N–H and O–H groups in total. The van der Waals surface area contributed by atoms with Gasteiger partial charge in [0.1, 0.15) is 0 Å². The Labute approximate surface area is 59.5 Å². The molecule has 0 aromatic rings. The first kappa shape index (κ1) is 6.87. The van der Waals surface area contributed by atoms with Crippen LogP contribution in [-0.2, 0) is 0 Å². The molecule has 0 spiro atoms. The van der Waals surface area contributed by atoms with Crippen molar-refractivity contribution in [2.75, 3.05) is 0 Å². The molecule has 0 amide bonds. The van der Waals surface area contributed by atoms with E-state index in [2.05, 4.69) is 5.16 Å². The van der Waals surface area contributed by atoms with Crippen molar-refractivity contribution in [1.82, 2.24) is 0 Å². The molecule has 1 atom stereocenters. The number of hydrogen-bond acceptors (Lipinski definition) is 2. The van der Waals surface area contributed by atoms with Crippen molar-refractivity contribution in [2.24, 2.45) is 5.16 Å². The van der Waals surface area contributed by atoms with Crippen molar-refractivity contribution in [1.29, 1.82) is 0 Å². The van der Waals surface area contributed by atoms with E-state index in [9.17, 15) is 0 Å². The third-order valence-corrected chi connectivity index (χ3v) is 2.10. The fourth-order valence-corrected chi connectivity index (χ4v) is 1.37. The summed E-state index contributed by atoms with van der Waals surface area (Å²) in [5.41, 5.74) is 0.753. The molecule has 1 aliphatic carbocycles. The van der Waals surface area contributed by atoms with Crippen LogP contribution >= 0.6 is 11.6 Å². The summed E-state index contributed by atoms with van der Waals surface area (Å²) in [6.07, 6.45) is 4.10. The monoisotopic (exact) mass is 147 g/mol. The van der Waals surface area contributed by atoms with Gasteiger partial charge in [-0.2, -0.15) is 0 Å². The number of hydrogen-bond donors (Lipinski definition) is 1. The Bertz CT molecular complexity index is 124. The van der Waals surface area contributed by atoms with E-state index >= 15 is 0 Å². The molecule has 52 valence electrons. The van der Waals surface area contributed by atoms with Gasteiger partial charge in [0.25, 0.3) is 0 Å². The minimum Gasteiger partial charge on any atom is -0.411 e. The number of nitrogens with zero attached hydrogens (tertiary/aromatic N) is 1. The molecule has 0 aliphatic heterocycles. The largest absolute Gasteiger partial charge is 0.411 e. The van der Waals surface area contributed by atoms with Gasteiger partial charge < -0.3 is 5.21 Å². The summed E-state index contributed by atoms with van der Waals surface area (Å²) in [5.74, 6) is 0. The summed E-state index contributed by atoms with van der Waals surface area (Å²) in [4.78, 5) is 0. The van der Waals surface area contributed by atoms with Crippen molar-refractivity contribution < 1.29 is 5.21 Å². The third-order valence-electron chi connectivity index (χ3n) is 1.63.